The number of carbonyl (C=O) groups is 2. The van der Waals surface area contributed by atoms with E-state index in [0.717, 1.165) is 4.57 Å². The Labute approximate surface area is 259 Å². The predicted octanol–water partition coefficient (Wildman–Crippen LogP) is 3.57. The summed E-state index contributed by atoms with van der Waals surface area (Å²) in [5.74, 6) is -1.88. The van der Waals surface area contributed by atoms with Crippen molar-refractivity contribution >= 4 is 40.6 Å². The Hall–Kier alpha value is -4.42. The van der Waals surface area contributed by atoms with Crippen LogP contribution in [0.5, 0.6) is 28.7 Å². The summed E-state index contributed by atoms with van der Waals surface area (Å²) in [5.41, 5.74) is -2.11. The van der Waals surface area contributed by atoms with Crippen LogP contribution in [0.3, 0.4) is 0 Å². The van der Waals surface area contributed by atoms with Gasteiger partial charge in [0.05, 0.1) is 24.8 Å². The molecule has 1 spiro atoms. The summed E-state index contributed by atoms with van der Waals surface area (Å²) in [7, 11) is 5.67. The van der Waals surface area contributed by atoms with Crippen LogP contribution in [-0.2, 0) is 18.9 Å². The number of Topliss-reactive ketones (excluding diaryl/α,β-unsaturated/α-hetero) is 2. The number of benzene rings is 2. The first-order valence-electron chi connectivity index (χ1n) is 13.6. The quantitative estimate of drug-likeness (QED) is 0.423. The zero-order chi connectivity index (χ0) is 31.4. The van der Waals surface area contributed by atoms with Crippen LogP contribution in [0.15, 0.2) is 39.1 Å². The number of rotatable bonds is 3. The number of hydrogen-bond acceptors (Lipinski definition) is 10. The van der Waals surface area contributed by atoms with Gasteiger partial charge in [-0.3, -0.25) is 23.5 Å². The van der Waals surface area contributed by atoms with Crippen LogP contribution in [0, 0.1) is 5.92 Å². The van der Waals surface area contributed by atoms with Crippen molar-refractivity contribution in [3.05, 3.63) is 77.0 Å². The average molecular weight is 642 g/mol. The predicted molar refractivity (Wildman–Crippen MR) is 158 cm³/mol. The first kappa shape index (κ1) is 28.4. The van der Waals surface area contributed by atoms with Gasteiger partial charge in [-0.05, 0) is 24.1 Å². The Bertz CT molecular complexity index is 2010. The number of anilines is 1. The second-order valence-corrected chi connectivity index (χ2v) is 11.8. The van der Waals surface area contributed by atoms with Crippen molar-refractivity contribution in [2.24, 2.45) is 20.0 Å². The molecule has 4 heterocycles. The number of allylic oxidation sites excluding steroid dienone is 1. The molecule has 2 aromatic carbocycles. The van der Waals surface area contributed by atoms with Gasteiger partial charge in [-0.25, -0.2) is 4.79 Å². The van der Waals surface area contributed by atoms with E-state index in [1.54, 1.807) is 19.1 Å². The van der Waals surface area contributed by atoms with E-state index in [0.29, 0.717) is 22.8 Å². The van der Waals surface area contributed by atoms with Crippen molar-refractivity contribution < 1.29 is 33.3 Å². The molecular weight excluding hydrogens is 617 g/mol. The molecule has 0 fully saturated rings. The fourth-order valence-electron chi connectivity index (χ4n) is 6.68. The fraction of sp³-hybridized carbons (Fsp3) is 0.333. The number of aromatic nitrogens is 2. The Kier molecular flexibility index (Phi) is 6.15. The van der Waals surface area contributed by atoms with Crippen molar-refractivity contribution in [3.63, 3.8) is 0 Å². The lowest BCUT2D eigenvalue weighted by atomic mass is 9.66. The third kappa shape index (κ3) is 3.46. The molecule has 12 nitrogen and oxygen atoms in total. The molecule has 3 aromatic rings. The number of nitrogens with one attached hydrogen (secondary N) is 1. The van der Waals surface area contributed by atoms with Crippen LogP contribution in [0.1, 0.15) is 40.7 Å². The van der Waals surface area contributed by atoms with Gasteiger partial charge in [0, 0.05) is 43.3 Å². The van der Waals surface area contributed by atoms with E-state index in [9.17, 15) is 19.2 Å². The largest absolute Gasteiger partial charge is 0.496 e. The minimum Gasteiger partial charge on any atom is -0.496 e. The number of ketones is 2. The molecule has 1 N–H and O–H groups in total. The molecule has 0 unspecified atom stereocenters. The van der Waals surface area contributed by atoms with Crippen molar-refractivity contribution in [1.82, 2.24) is 9.13 Å². The highest BCUT2D eigenvalue weighted by molar-refractivity contribution is 6.36. The van der Waals surface area contributed by atoms with Crippen LogP contribution in [0.4, 0.5) is 5.82 Å². The summed E-state index contributed by atoms with van der Waals surface area (Å²) >= 11 is 13.2. The number of carbonyl (C=O) groups excluding carboxylic acids is 2. The molecule has 0 amide bonds. The highest BCUT2D eigenvalue weighted by atomic mass is 35.5. The zero-order valence-electron chi connectivity index (χ0n) is 24.1. The average Bonchev–Trinajstić information content (AvgIpc) is 3.61. The van der Waals surface area contributed by atoms with Crippen molar-refractivity contribution in [2.75, 3.05) is 26.3 Å². The van der Waals surface area contributed by atoms with E-state index in [1.165, 1.54) is 38.9 Å². The van der Waals surface area contributed by atoms with Crippen molar-refractivity contribution in [2.45, 2.75) is 24.9 Å². The van der Waals surface area contributed by atoms with Gasteiger partial charge in [-0.2, -0.15) is 0 Å². The SMILES string of the molecule is COc1cc(OC)c2c(c1Cl)O[C@@]1(C(=O)C3=C(C[C@H]1C)Nc1c(c(=O)n(C)c(=O)n1C)[C@@H]3c1cc(Cl)c3c(c1)OCO3)C2=O. The van der Waals surface area contributed by atoms with Gasteiger partial charge in [-0.1, -0.05) is 30.1 Å². The smallest absolute Gasteiger partial charge is 0.332 e. The van der Waals surface area contributed by atoms with Gasteiger partial charge in [-0.15, -0.1) is 0 Å². The summed E-state index contributed by atoms with van der Waals surface area (Å²) in [6.45, 7) is 1.66. The minimum absolute atomic E-state index is 0.0170. The summed E-state index contributed by atoms with van der Waals surface area (Å²) in [4.78, 5) is 56.1. The summed E-state index contributed by atoms with van der Waals surface area (Å²) in [6.07, 6.45) is 0.148. The van der Waals surface area contributed by atoms with Crippen molar-refractivity contribution in [3.8, 4) is 28.7 Å². The summed E-state index contributed by atoms with van der Waals surface area (Å²) < 4.78 is 30.6. The number of methoxy groups -OCH3 is 2. The molecule has 3 atom stereocenters. The van der Waals surface area contributed by atoms with Crippen LogP contribution < -0.4 is 40.3 Å². The topological polar surface area (TPSA) is 136 Å². The van der Waals surface area contributed by atoms with Crippen LogP contribution in [0.2, 0.25) is 10.0 Å². The molecule has 14 heteroatoms. The Morgan fingerprint density at radius 2 is 1.68 bits per heavy atom. The van der Waals surface area contributed by atoms with Crippen LogP contribution in [-0.4, -0.2) is 47.3 Å². The molecule has 0 bridgehead atoms. The molecule has 0 radical (unpaired) electrons. The summed E-state index contributed by atoms with van der Waals surface area (Å²) in [5, 5.41) is 3.40. The highest BCUT2D eigenvalue weighted by Crippen LogP contribution is 2.57. The maximum Gasteiger partial charge on any atom is 0.332 e. The van der Waals surface area contributed by atoms with Gasteiger partial charge < -0.3 is 29.0 Å². The zero-order valence-corrected chi connectivity index (χ0v) is 25.6. The third-order valence-corrected chi connectivity index (χ3v) is 9.50. The van der Waals surface area contributed by atoms with E-state index in [2.05, 4.69) is 5.32 Å². The Balaban J connectivity index is 1.49. The van der Waals surface area contributed by atoms with E-state index in [4.69, 9.17) is 46.9 Å². The van der Waals surface area contributed by atoms with Gasteiger partial charge in [0.2, 0.25) is 24.0 Å². The molecule has 0 saturated carbocycles. The third-order valence-electron chi connectivity index (χ3n) is 8.86. The molecule has 4 aliphatic rings. The molecule has 1 aromatic heterocycles. The lowest BCUT2D eigenvalue weighted by Crippen LogP contribution is -2.58. The first-order valence-corrected chi connectivity index (χ1v) is 14.3. The second-order valence-electron chi connectivity index (χ2n) is 11.1. The second kappa shape index (κ2) is 9.54. The van der Waals surface area contributed by atoms with E-state index in [-0.39, 0.29) is 63.0 Å². The number of ether oxygens (including phenoxy) is 5. The lowest BCUT2D eigenvalue weighted by Gasteiger charge is -2.42. The van der Waals surface area contributed by atoms with Crippen molar-refractivity contribution in [1.29, 1.82) is 0 Å². The molecule has 0 saturated heterocycles. The normalized spacial score (nSPS) is 22.8. The number of hydrogen-bond donors (Lipinski definition) is 1. The summed E-state index contributed by atoms with van der Waals surface area (Å²) in [6, 6.07) is 4.68. The highest BCUT2D eigenvalue weighted by Gasteiger charge is 2.64. The first-order chi connectivity index (χ1) is 21.0. The van der Waals surface area contributed by atoms with Crippen LogP contribution in [0.25, 0.3) is 0 Å². The van der Waals surface area contributed by atoms with E-state index in [1.807, 2.05) is 0 Å². The number of fused-ring (bicyclic) bond motifs is 3. The molecule has 1 aliphatic carbocycles. The molecule has 228 valence electrons. The number of nitrogens with zero attached hydrogens (tertiary/aromatic N) is 2. The molecular formula is C30H25Cl2N3O9. The standard InChI is InChI=1S/C30H25Cl2N3O9/c1-11-6-14-19(25(36)30(11)26(37)20-15(40-4)9-16(41-5)22(32)24(20)44-30)18(12-7-13(31)23-17(8-12)42-10-43-23)21-27(33-14)34(2)29(39)35(3)28(21)38/h7-9,11,18,33H,6,10H2,1-5H3/t11-,18-,30+/m1/s1. The minimum atomic E-state index is -2.03. The fourth-order valence-corrected chi connectivity index (χ4v) is 7.21. The monoisotopic (exact) mass is 641 g/mol. The van der Waals surface area contributed by atoms with Gasteiger partial charge >= 0.3 is 5.69 Å². The molecule has 44 heavy (non-hydrogen) atoms. The maximum atomic E-state index is 15.0. The number of halogens is 2. The van der Waals surface area contributed by atoms with Crippen LogP contribution >= 0.6 is 23.2 Å². The van der Waals surface area contributed by atoms with Gasteiger partial charge in [0.1, 0.15) is 27.9 Å². The van der Waals surface area contributed by atoms with Gasteiger partial charge in [0.25, 0.3) is 5.56 Å². The van der Waals surface area contributed by atoms with Gasteiger partial charge in [0.15, 0.2) is 17.2 Å². The lowest BCUT2D eigenvalue weighted by molar-refractivity contribution is -0.130. The van der Waals surface area contributed by atoms with E-state index < -0.39 is 40.3 Å². The molecule has 7 rings (SSSR count). The Morgan fingerprint density at radius 1 is 0.955 bits per heavy atom. The van der Waals surface area contributed by atoms with E-state index >= 15 is 0 Å². The maximum absolute atomic E-state index is 15.0. The Morgan fingerprint density at radius 3 is 2.39 bits per heavy atom. The molecule has 3 aliphatic heterocycles.